The molecule has 0 aromatic rings. The lowest BCUT2D eigenvalue weighted by atomic mass is 9.79. The SMILES string of the molecule is CC(=O)O[C@H]1C[C@]2(O)C(COC(=O)C(OC(=O)CC(C)C)C(C)C)=CO[C@@H](OC(=O)CC(C)C)C2[C@]12CO2. The van der Waals surface area contributed by atoms with Crippen molar-refractivity contribution in [1.82, 2.24) is 0 Å². The number of fused-ring (bicyclic) bond motifs is 2. The van der Waals surface area contributed by atoms with Crippen molar-refractivity contribution in [2.75, 3.05) is 13.2 Å². The molecule has 214 valence electrons. The normalized spacial score (nSPS) is 30.4. The van der Waals surface area contributed by atoms with E-state index in [2.05, 4.69) is 0 Å². The summed E-state index contributed by atoms with van der Waals surface area (Å²) in [6, 6.07) is 0. The van der Waals surface area contributed by atoms with Crippen LogP contribution < -0.4 is 0 Å². The van der Waals surface area contributed by atoms with Crippen LogP contribution in [-0.4, -0.2) is 71.9 Å². The number of rotatable bonds is 11. The van der Waals surface area contributed by atoms with Gasteiger partial charge in [-0.25, -0.2) is 4.79 Å². The summed E-state index contributed by atoms with van der Waals surface area (Å²) >= 11 is 0. The number of carbonyl (C=O) groups is 4. The Bertz CT molecular complexity index is 949. The van der Waals surface area contributed by atoms with Crippen LogP contribution in [0.4, 0.5) is 0 Å². The maximum Gasteiger partial charge on any atom is 0.348 e. The molecular formula is C27H40O11. The molecule has 11 heteroatoms. The fraction of sp³-hybridized carbons (Fsp3) is 0.778. The first kappa shape index (κ1) is 29.9. The standard InChI is InChI=1S/C27H40O11/c1-14(2)8-20(29)37-22(16(5)6)24(31)33-11-18-12-34-25(38-21(30)9-15(3)4)23-26(18,32)10-19(36-17(7)28)27(23)13-35-27/h12,14-16,19,22-23,25,32H,8-11,13H2,1-7H3/t19-,22?,23?,25-,26-,27-/m0/s1. The minimum atomic E-state index is -1.72. The Balaban J connectivity index is 1.80. The van der Waals surface area contributed by atoms with Gasteiger partial charge in [0.1, 0.15) is 29.8 Å². The topological polar surface area (TPSA) is 147 Å². The van der Waals surface area contributed by atoms with E-state index in [1.165, 1.54) is 13.2 Å². The summed E-state index contributed by atoms with van der Waals surface area (Å²) in [4.78, 5) is 49.3. The zero-order chi connectivity index (χ0) is 28.4. The van der Waals surface area contributed by atoms with Crippen molar-refractivity contribution in [1.29, 1.82) is 0 Å². The third-order valence-corrected chi connectivity index (χ3v) is 6.90. The van der Waals surface area contributed by atoms with Crippen LogP contribution >= 0.6 is 0 Å². The molecule has 2 aliphatic heterocycles. The van der Waals surface area contributed by atoms with Gasteiger partial charge >= 0.3 is 23.9 Å². The van der Waals surface area contributed by atoms with Crippen molar-refractivity contribution in [3.63, 3.8) is 0 Å². The summed E-state index contributed by atoms with van der Waals surface area (Å²) in [6.07, 6.45) is -1.72. The number of carbonyl (C=O) groups excluding carboxylic acids is 4. The lowest BCUT2D eigenvalue weighted by Crippen LogP contribution is -2.53. The van der Waals surface area contributed by atoms with Crippen LogP contribution in [0.25, 0.3) is 0 Å². The molecule has 0 aromatic heterocycles. The second-order valence-electron chi connectivity index (χ2n) is 11.5. The van der Waals surface area contributed by atoms with Gasteiger partial charge in [0.25, 0.3) is 6.29 Å². The quantitative estimate of drug-likeness (QED) is 0.234. The number of hydrogen-bond acceptors (Lipinski definition) is 11. The van der Waals surface area contributed by atoms with Gasteiger partial charge in [0.2, 0.25) is 6.10 Å². The number of aliphatic hydroxyl groups is 1. The maximum absolute atomic E-state index is 12.9. The smallest absolute Gasteiger partial charge is 0.348 e. The van der Waals surface area contributed by atoms with Gasteiger partial charge in [0, 0.05) is 37.7 Å². The van der Waals surface area contributed by atoms with Crippen molar-refractivity contribution in [2.24, 2.45) is 23.7 Å². The molecule has 1 saturated heterocycles. The molecule has 2 heterocycles. The molecule has 38 heavy (non-hydrogen) atoms. The van der Waals surface area contributed by atoms with Crippen LogP contribution in [0.15, 0.2) is 11.8 Å². The molecule has 1 saturated carbocycles. The Labute approximate surface area is 223 Å². The highest BCUT2D eigenvalue weighted by atomic mass is 16.7. The molecule has 6 atom stereocenters. The van der Waals surface area contributed by atoms with Crippen LogP contribution in [0, 0.1) is 23.7 Å². The number of ether oxygens (including phenoxy) is 6. The molecule has 3 rings (SSSR count). The molecule has 1 spiro atoms. The molecule has 11 nitrogen and oxygen atoms in total. The monoisotopic (exact) mass is 540 g/mol. The predicted molar refractivity (Wildman–Crippen MR) is 131 cm³/mol. The summed E-state index contributed by atoms with van der Waals surface area (Å²) in [5, 5.41) is 11.9. The molecule has 2 fully saturated rings. The minimum absolute atomic E-state index is 0.0440. The van der Waals surface area contributed by atoms with Crippen molar-refractivity contribution in [3.05, 3.63) is 11.8 Å². The minimum Gasteiger partial charge on any atom is -0.462 e. The number of epoxide rings is 1. The molecule has 0 amide bonds. The molecular weight excluding hydrogens is 500 g/mol. The van der Waals surface area contributed by atoms with Crippen molar-refractivity contribution >= 4 is 23.9 Å². The molecule has 3 aliphatic rings. The summed E-state index contributed by atoms with van der Waals surface area (Å²) in [5.41, 5.74) is -2.65. The second-order valence-corrected chi connectivity index (χ2v) is 11.5. The lowest BCUT2D eigenvalue weighted by molar-refractivity contribution is -0.208. The van der Waals surface area contributed by atoms with Crippen LogP contribution in [0.5, 0.6) is 0 Å². The largest absolute Gasteiger partial charge is 0.462 e. The van der Waals surface area contributed by atoms with E-state index in [0.717, 1.165) is 0 Å². The fourth-order valence-electron chi connectivity index (χ4n) is 5.07. The van der Waals surface area contributed by atoms with E-state index in [-0.39, 0.29) is 55.8 Å². The summed E-state index contributed by atoms with van der Waals surface area (Å²) in [6.45, 7) is 12.0. The fourth-order valence-corrected chi connectivity index (χ4v) is 5.07. The Morgan fingerprint density at radius 2 is 1.63 bits per heavy atom. The zero-order valence-corrected chi connectivity index (χ0v) is 23.2. The van der Waals surface area contributed by atoms with E-state index in [1.54, 1.807) is 13.8 Å². The van der Waals surface area contributed by atoms with Gasteiger partial charge < -0.3 is 33.5 Å². The van der Waals surface area contributed by atoms with E-state index in [0.29, 0.717) is 0 Å². The highest BCUT2D eigenvalue weighted by Gasteiger charge is 2.76. The predicted octanol–water partition coefficient (Wildman–Crippen LogP) is 2.42. The zero-order valence-electron chi connectivity index (χ0n) is 23.2. The Kier molecular flexibility index (Phi) is 9.13. The Morgan fingerprint density at radius 1 is 1.03 bits per heavy atom. The highest BCUT2D eigenvalue weighted by Crippen LogP contribution is 2.59. The van der Waals surface area contributed by atoms with Crippen molar-refractivity contribution in [3.8, 4) is 0 Å². The number of hydrogen-bond donors (Lipinski definition) is 1. The average Bonchev–Trinajstić information content (AvgIpc) is 3.51. The van der Waals surface area contributed by atoms with E-state index < -0.39 is 59.5 Å². The van der Waals surface area contributed by atoms with E-state index >= 15 is 0 Å². The summed E-state index contributed by atoms with van der Waals surface area (Å²) < 4.78 is 33.3. The van der Waals surface area contributed by atoms with Gasteiger partial charge in [0.05, 0.1) is 12.9 Å². The lowest BCUT2D eigenvalue weighted by Gasteiger charge is -2.40. The number of esters is 4. The molecule has 0 aromatic carbocycles. The molecule has 1 N–H and O–H groups in total. The van der Waals surface area contributed by atoms with E-state index in [4.69, 9.17) is 28.4 Å². The molecule has 1 aliphatic carbocycles. The van der Waals surface area contributed by atoms with Crippen LogP contribution in [0.2, 0.25) is 0 Å². The van der Waals surface area contributed by atoms with Gasteiger partial charge in [0.15, 0.2) is 0 Å². The maximum atomic E-state index is 12.9. The first-order chi connectivity index (χ1) is 17.7. The Hall–Kier alpha value is -2.66. The van der Waals surface area contributed by atoms with E-state index in [9.17, 15) is 24.3 Å². The van der Waals surface area contributed by atoms with Gasteiger partial charge in [-0.05, 0) is 11.8 Å². The van der Waals surface area contributed by atoms with Crippen LogP contribution in [0.3, 0.4) is 0 Å². The highest BCUT2D eigenvalue weighted by molar-refractivity contribution is 5.80. The van der Waals surface area contributed by atoms with Crippen molar-refractivity contribution < 1.29 is 52.7 Å². The van der Waals surface area contributed by atoms with Crippen LogP contribution in [-0.2, 0) is 47.6 Å². The Morgan fingerprint density at radius 3 is 2.16 bits per heavy atom. The average molecular weight is 541 g/mol. The van der Waals surface area contributed by atoms with Crippen LogP contribution in [0.1, 0.15) is 67.7 Å². The van der Waals surface area contributed by atoms with Gasteiger partial charge in [-0.3, -0.25) is 14.4 Å². The van der Waals surface area contributed by atoms with Gasteiger partial charge in [-0.15, -0.1) is 0 Å². The third kappa shape index (κ3) is 6.48. The molecule has 0 radical (unpaired) electrons. The molecule has 2 unspecified atom stereocenters. The summed E-state index contributed by atoms with van der Waals surface area (Å²) in [7, 11) is 0. The van der Waals surface area contributed by atoms with E-state index in [1.807, 2.05) is 27.7 Å². The van der Waals surface area contributed by atoms with Gasteiger partial charge in [-0.2, -0.15) is 0 Å². The molecule has 0 bridgehead atoms. The summed E-state index contributed by atoms with van der Waals surface area (Å²) in [5.74, 6) is -3.51. The van der Waals surface area contributed by atoms with Crippen molar-refractivity contribution in [2.45, 2.75) is 97.4 Å². The second kappa shape index (κ2) is 11.6. The first-order valence-electron chi connectivity index (χ1n) is 13.1. The third-order valence-electron chi connectivity index (χ3n) is 6.90. The first-order valence-corrected chi connectivity index (χ1v) is 13.1. The van der Waals surface area contributed by atoms with Gasteiger partial charge in [-0.1, -0.05) is 41.5 Å².